The van der Waals surface area contributed by atoms with Gasteiger partial charge in [-0.15, -0.1) is 0 Å². The van der Waals surface area contributed by atoms with E-state index in [1.807, 2.05) is 19.1 Å². The van der Waals surface area contributed by atoms with Gasteiger partial charge in [0.25, 0.3) is 0 Å². The van der Waals surface area contributed by atoms with E-state index in [0.717, 1.165) is 12.0 Å². The third kappa shape index (κ3) is 3.87. The molecule has 0 heterocycles. The van der Waals surface area contributed by atoms with Crippen LogP contribution in [0.3, 0.4) is 0 Å². The summed E-state index contributed by atoms with van der Waals surface area (Å²) in [5, 5.41) is 18.1. The molecule has 0 saturated carbocycles. The Balaban J connectivity index is 2.63. The Morgan fingerprint density at radius 2 is 2.12 bits per heavy atom. The molecule has 0 fully saturated rings. The summed E-state index contributed by atoms with van der Waals surface area (Å²) < 4.78 is 0. The summed E-state index contributed by atoms with van der Waals surface area (Å²) in [6, 6.07) is 7.03. The van der Waals surface area contributed by atoms with E-state index in [9.17, 15) is 4.79 Å². The average molecular weight is 240 g/mol. The highest BCUT2D eigenvalue weighted by Crippen LogP contribution is 2.22. The van der Waals surface area contributed by atoms with Crippen LogP contribution in [0.2, 0.25) is 0 Å². The minimum Gasteiger partial charge on any atom is -0.478 e. The molecule has 3 nitrogen and oxygen atoms in total. The number of carboxylic acids is 1. The third-order valence-corrected chi connectivity index (χ3v) is 3.59. The van der Waals surface area contributed by atoms with Crippen LogP contribution in [0.4, 0.5) is 0 Å². The van der Waals surface area contributed by atoms with Crippen LogP contribution in [0, 0.1) is 0 Å². The number of thioether (sulfide) groups is 1. The molecular weight excluding hydrogens is 224 g/mol. The molecule has 0 aliphatic heterocycles. The number of hydrogen-bond acceptors (Lipinski definition) is 3. The van der Waals surface area contributed by atoms with E-state index in [4.69, 9.17) is 10.2 Å². The third-order valence-electron chi connectivity index (χ3n) is 2.31. The maximum Gasteiger partial charge on any atom is 0.335 e. The van der Waals surface area contributed by atoms with E-state index in [0.29, 0.717) is 16.6 Å². The SMILES string of the molecule is CC(CCO)SCc1ccccc1C(=O)O. The highest BCUT2D eigenvalue weighted by Gasteiger charge is 2.10. The topological polar surface area (TPSA) is 57.5 Å². The Bertz CT molecular complexity index is 352. The van der Waals surface area contributed by atoms with Crippen LogP contribution in [0.5, 0.6) is 0 Å². The molecule has 1 rings (SSSR count). The lowest BCUT2D eigenvalue weighted by molar-refractivity contribution is 0.0696. The number of benzene rings is 1. The van der Waals surface area contributed by atoms with E-state index in [1.165, 1.54) is 0 Å². The van der Waals surface area contributed by atoms with Crippen LogP contribution in [-0.4, -0.2) is 28.0 Å². The second-order valence-corrected chi connectivity index (χ2v) is 5.02. The molecule has 0 saturated heterocycles. The van der Waals surface area contributed by atoms with Crippen LogP contribution >= 0.6 is 11.8 Å². The maximum atomic E-state index is 10.9. The van der Waals surface area contributed by atoms with Crippen molar-refractivity contribution in [1.29, 1.82) is 0 Å². The van der Waals surface area contributed by atoms with Crippen LogP contribution in [0.25, 0.3) is 0 Å². The molecule has 0 amide bonds. The van der Waals surface area contributed by atoms with Crippen LogP contribution < -0.4 is 0 Å². The van der Waals surface area contributed by atoms with Gasteiger partial charge in [0.05, 0.1) is 5.56 Å². The van der Waals surface area contributed by atoms with Gasteiger partial charge in [0.15, 0.2) is 0 Å². The Morgan fingerprint density at radius 1 is 1.44 bits per heavy atom. The van der Waals surface area contributed by atoms with Crippen LogP contribution in [0.15, 0.2) is 24.3 Å². The van der Waals surface area contributed by atoms with E-state index in [2.05, 4.69) is 0 Å². The minimum absolute atomic E-state index is 0.175. The van der Waals surface area contributed by atoms with Gasteiger partial charge in [0, 0.05) is 17.6 Å². The van der Waals surface area contributed by atoms with Gasteiger partial charge in [-0.05, 0) is 18.1 Å². The number of aliphatic hydroxyl groups is 1. The van der Waals surface area contributed by atoms with Crippen molar-refractivity contribution in [3.8, 4) is 0 Å². The Kier molecular flexibility index (Phi) is 5.35. The van der Waals surface area contributed by atoms with E-state index in [1.54, 1.807) is 23.9 Å². The monoisotopic (exact) mass is 240 g/mol. The second-order valence-electron chi connectivity index (χ2n) is 3.60. The normalized spacial score (nSPS) is 12.4. The Labute approximate surface area is 99.5 Å². The van der Waals surface area contributed by atoms with Gasteiger partial charge in [0.1, 0.15) is 0 Å². The molecule has 4 heteroatoms. The van der Waals surface area contributed by atoms with Crippen molar-refractivity contribution < 1.29 is 15.0 Å². The fourth-order valence-corrected chi connectivity index (χ4v) is 2.34. The highest BCUT2D eigenvalue weighted by molar-refractivity contribution is 7.99. The summed E-state index contributed by atoms with van der Waals surface area (Å²) in [4.78, 5) is 10.9. The van der Waals surface area contributed by atoms with E-state index < -0.39 is 5.97 Å². The first-order valence-electron chi connectivity index (χ1n) is 5.18. The van der Waals surface area contributed by atoms with Crippen molar-refractivity contribution in [2.24, 2.45) is 0 Å². The molecule has 2 N–H and O–H groups in total. The quantitative estimate of drug-likeness (QED) is 0.801. The van der Waals surface area contributed by atoms with Crippen molar-refractivity contribution in [2.75, 3.05) is 6.61 Å². The molecular formula is C12H16O3S. The fourth-order valence-electron chi connectivity index (χ4n) is 1.35. The molecule has 0 radical (unpaired) electrons. The summed E-state index contributed by atoms with van der Waals surface area (Å²) in [7, 11) is 0. The smallest absolute Gasteiger partial charge is 0.335 e. The number of aromatic carboxylic acids is 1. The molecule has 88 valence electrons. The lowest BCUT2D eigenvalue weighted by Gasteiger charge is -2.10. The summed E-state index contributed by atoms with van der Waals surface area (Å²) in [6.07, 6.45) is 0.736. The summed E-state index contributed by atoms with van der Waals surface area (Å²) >= 11 is 1.66. The largest absolute Gasteiger partial charge is 0.478 e. The van der Waals surface area contributed by atoms with E-state index in [-0.39, 0.29) is 6.61 Å². The standard InChI is InChI=1S/C12H16O3S/c1-9(6-7-13)16-8-10-4-2-3-5-11(10)12(14)15/h2-5,9,13H,6-8H2,1H3,(H,14,15). The zero-order chi connectivity index (χ0) is 12.0. The summed E-state index contributed by atoms with van der Waals surface area (Å²) in [5.41, 5.74) is 1.20. The molecule has 1 aromatic carbocycles. The molecule has 0 bridgehead atoms. The molecule has 1 atom stereocenters. The zero-order valence-corrected chi connectivity index (χ0v) is 10.0. The van der Waals surface area contributed by atoms with Gasteiger partial charge in [0.2, 0.25) is 0 Å². The summed E-state index contributed by atoms with van der Waals surface area (Å²) in [5.74, 6) is -0.213. The molecule has 0 aliphatic carbocycles. The van der Waals surface area contributed by atoms with Crippen LogP contribution in [-0.2, 0) is 5.75 Å². The number of carboxylic acid groups (broad SMARTS) is 1. The van der Waals surface area contributed by atoms with Gasteiger partial charge >= 0.3 is 5.97 Å². The molecule has 1 aromatic rings. The molecule has 16 heavy (non-hydrogen) atoms. The summed E-state index contributed by atoms with van der Waals surface area (Å²) in [6.45, 7) is 2.21. The lowest BCUT2D eigenvalue weighted by Crippen LogP contribution is -2.04. The van der Waals surface area contributed by atoms with Crippen molar-refractivity contribution in [2.45, 2.75) is 24.3 Å². The maximum absolute atomic E-state index is 10.9. The number of rotatable bonds is 6. The van der Waals surface area contributed by atoms with Gasteiger partial charge in [-0.3, -0.25) is 0 Å². The zero-order valence-electron chi connectivity index (χ0n) is 9.22. The number of carbonyl (C=O) groups is 1. The number of aliphatic hydroxyl groups excluding tert-OH is 1. The molecule has 1 unspecified atom stereocenters. The van der Waals surface area contributed by atoms with Gasteiger partial charge in [-0.25, -0.2) is 4.79 Å². The fraction of sp³-hybridized carbons (Fsp3) is 0.417. The Morgan fingerprint density at radius 3 is 2.75 bits per heavy atom. The molecule has 0 aromatic heterocycles. The van der Waals surface area contributed by atoms with Gasteiger partial charge in [-0.2, -0.15) is 11.8 Å². The Hall–Kier alpha value is -1.00. The number of hydrogen-bond donors (Lipinski definition) is 2. The van der Waals surface area contributed by atoms with E-state index >= 15 is 0 Å². The second kappa shape index (κ2) is 6.55. The van der Waals surface area contributed by atoms with Crippen molar-refractivity contribution in [3.05, 3.63) is 35.4 Å². The highest BCUT2D eigenvalue weighted by atomic mass is 32.2. The lowest BCUT2D eigenvalue weighted by atomic mass is 10.1. The van der Waals surface area contributed by atoms with Crippen molar-refractivity contribution in [3.63, 3.8) is 0 Å². The predicted octanol–water partition coefficient (Wildman–Crippen LogP) is 2.39. The molecule has 0 spiro atoms. The van der Waals surface area contributed by atoms with Gasteiger partial charge < -0.3 is 10.2 Å². The average Bonchev–Trinajstić information content (AvgIpc) is 2.27. The first-order chi connectivity index (χ1) is 7.65. The van der Waals surface area contributed by atoms with Gasteiger partial charge in [-0.1, -0.05) is 25.1 Å². The van der Waals surface area contributed by atoms with Crippen molar-refractivity contribution >= 4 is 17.7 Å². The first-order valence-corrected chi connectivity index (χ1v) is 6.23. The van der Waals surface area contributed by atoms with Crippen molar-refractivity contribution in [1.82, 2.24) is 0 Å². The predicted molar refractivity (Wildman–Crippen MR) is 65.9 cm³/mol. The first kappa shape index (κ1) is 13.1. The molecule has 0 aliphatic rings. The minimum atomic E-state index is -0.883. The van der Waals surface area contributed by atoms with Crippen LogP contribution in [0.1, 0.15) is 29.3 Å².